The first kappa shape index (κ1) is 24.3. The number of benzene rings is 3. The number of rotatable bonds is 9. The van der Waals surface area contributed by atoms with E-state index in [1.807, 2.05) is 32.0 Å². The van der Waals surface area contributed by atoms with Crippen LogP contribution in [0.1, 0.15) is 27.0 Å². The molecule has 0 aromatic heterocycles. The minimum absolute atomic E-state index is 0.148. The van der Waals surface area contributed by atoms with E-state index >= 15 is 0 Å². The van der Waals surface area contributed by atoms with Crippen LogP contribution in [0, 0.1) is 13.8 Å². The summed E-state index contributed by atoms with van der Waals surface area (Å²) in [6.07, 6.45) is 1.48. The maximum atomic E-state index is 12.4. The molecule has 1 amide bonds. The third-order valence-corrected chi connectivity index (χ3v) is 4.96. The molecule has 34 heavy (non-hydrogen) atoms. The maximum Gasteiger partial charge on any atom is 0.343 e. The lowest BCUT2D eigenvalue weighted by molar-refractivity contribution is -0.123. The molecule has 0 spiro atoms. The van der Waals surface area contributed by atoms with Crippen LogP contribution in [0.5, 0.6) is 23.0 Å². The molecule has 0 aliphatic heterocycles. The van der Waals surface area contributed by atoms with Crippen LogP contribution in [0.3, 0.4) is 0 Å². The van der Waals surface area contributed by atoms with E-state index in [-0.39, 0.29) is 12.5 Å². The number of nitrogens with zero attached hydrogens (tertiary/aromatic N) is 1. The summed E-state index contributed by atoms with van der Waals surface area (Å²) in [5.74, 6) is 1.04. The van der Waals surface area contributed by atoms with E-state index in [2.05, 4.69) is 10.5 Å². The highest BCUT2D eigenvalue weighted by molar-refractivity contribution is 5.92. The van der Waals surface area contributed by atoms with Gasteiger partial charge >= 0.3 is 5.97 Å². The number of amides is 1. The number of carbonyl (C=O) groups is 2. The molecule has 0 fully saturated rings. The van der Waals surface area contributed by atoms with E-state index in [0.717, 1.165) is 11.1 Å². The molecular weight excluding hydrogens is 436 g/mol. The fourth-order valence-electron chi connectivity index (χ4n) is 2.91. The smallest absolute Gasteiger partial charge is 0.343 e. The van der Waals surface area contributed by atoms with Crippen molar-refractivity contribution in [2.75, 3.05) is 20.8 Å². The van der Waals surface area contributed by atoms with Gasteiger partial charge in [-0.2, -0.15) is 5.10 Å². The van der Waals surface area contributed by atoms with Gasteiger partial charge in [0.1, 0.15) is 11.5 Å². The average molecular weight is 463 g/mol. The Balaban J connectivity index is 1.49. The number of hydrogen-bond acceptors (Lipinski definition) is 7. The first-order valence-electron chi connectivity index (χ1n) is 10.5. The van der Waals surface area contributed by atoms with E-state index in [9.17, 15) is 9.59 Å². The highest BCUT2D eigenvalue weighted by Crippen LogP contribution is 2.28. The summed E-state index contributed by atoms with van der Waals surface area (Å²) in [6.45, 7) is 3.84. The summed E-state index contributed by atoms with van der Waals surface area (Å²) in [7, 11) is 3.01. The SMILES string of the molecule is COc1ccc(C(=O)Oc2ccc(/C=N\NC(=O)COc3ccc(C)c(C)c3)cc2)cc1OC. The summed E-state index contributed by atoms with van der Waals surface area (Å²) in [6, 6.07) is 17.1. The van der Waals surface area contributed by atoms with Gasteiger partial charge in [0.05, 0.1) is 26.0 Å². The lowest BCUT2D eigenvalue weighted by atomic mass is 10.1. The number of ether oxygens (including phenoxy) is 4. The first-order valence-corrected chi connectivity index (χ1v) is 10.5. The van der Waals surface area contributed by atoms with Crippen molar-refractivity contribution < 1.29 is 28.5 Å². The Labute approximate surface area is 198 Å². The van der Waals surface area contributed by atoms with Crippen LogP contribution in [0.25, 0.3) is 0 Å². The fraction of sp³-hybridized carbons (Fsp3) is 0.192. The molecule has 0 aliphatic carbocycles. The van der Waals surface area contributed by atoms with Gasteiger partial charge in [0, 0.05) is 0 Å². The highest BCUT2D eigenvalue weighted by atomic mass is 16.5. The van der Waals surface area contributed by atoms with Gasteiger partial charge in [-0.15, -0.1) is 0 Å². The van der Waals surface area contributed by atoms with Gasteiger partial charge in [-0.3, -0.25) is 4.79 Å². The summed E-state index contributed by atoms with van der Waals surface area (Å²) < 4.78 is 21.2. The molecule has 0 saturated heterocycles. The maximum absolute atomic E-state index is 12.4. The van der Waals surface area contributed by atoms with Gasteiger partial charge in [0.15, 0.2) is 18.1 Å². The van der Waals surface area contributed by atoms with Crippen LogP contribution in [-0.2, 0) is 4.79 Å². The number of nitrogens with one attached hydrogen (secondary N) is 1. The van der Waals surface area contributed by atoms with E-state index in [1.165, 1.54) is 20.4 Å². The van der Waals surface area contributed by atoms with Crippen LogP contribution in [-0.4, -0.2) is 38.9 Å². The van der Waals surface area contributed by atoms with Crippen molar-refractivity contribution in [2.24, 2.45) is 5.10 Å². The third kappa shape index (κ3) is 6.59. The zero-order valence-electron chi connectivity index (χ0n) is 19.5. The molecule has 0 bridgehead atoms. The first-order chi connectivity index (χ1) is 16.4. The van der Waals surface area contributed by atoms with Gasteiger partial charge in [-0.1, -0.05) is 6.07 Å². The molecule has 0 saturated carbocycles. The molecule has 3 rings (SSSR count). The summed E-state index contributed by atoms with van der Waals surface area (Å²) in [4.78, 5) is 24.3. The molecule has 176 valence electrons. The van der Waals surface area contributed by atoms with E-state index in [4.69, 9.17) is 18.9 Å². The van der Waals surface area contributed by atoms with E-state index in [0.29, 0.717) is 34.1 Å². The molecule has 0 unspecified atom stereocenters. The zero-order valence-corrected chi connectivity index (χ0v) is 19.5. The van der Waals surface area contributed by atoms with Gasteiger partial charge < -0.3 is 18.9 Å². The van der Waals surface area contributed by atoms with Crippen LogP contribution in [0.4, 0.5) is 0 Å². The van der Waals surface area contributed by atoms with Crippen LogP contribution < -0.4 is 24.4 Å². The van der Waals surface area contributed by atoms with E-state index < -0.39 is 5.97 Å². The summed E-state index contributed by atoms with van der Waals surface area (Å²) in [5.41, 5.74) is 5.70. The van der Waals surface area contributed by atoms with Crippen molar-refractivity contribution in [3.8, 4) is 23.0 Å². The Kier molecular flexibility index (Phi) is 8.23. The van der Waals surface area contributed by atoms with Crippen molar-refractivity contribution in [1.82, 2.24) is 5.43 Å². The molecular formula is C26H26N2O6. The second-order valence-electron chi connectivity index (χ2n) is 7.36. The Morgan fingerprint density at radius 3 is 2.24 bits per heavy atom. The molecule has 3 aromatic rings. The molecule has 8 heteroatoms. The summed E-state index contributed by atoms with van der Waals surface area (Å²) >= 11 is 0. The predicted molar refractivity (Wildman–Crippen MR) is 128 cm³/mol. The lowest BCUT2D eigenvalue weighted by Gasteiger charge is -2.09. The van der Waals surface area contributed by atoms with Crippen molar-refractivity contribution in [2.45, 2.75) is 13.8 Å². The van der Waals surface area contributed by atoms with Crippen molar-refractivity contribution in [3.05, 3.63) is 82.9 Å². The number of hydrazone groups is 1. The Bertz CT molecular complexity index is 1190. The minimum atomic E-state index is -0.529. The normalized spacial score (nSPS) is 10.6. The number of esters is 1. The van der Waals surface area contributed by atoms with Gasteiger partial charge in [-0.25, -0.2) is 10.2 Å². The Morgan fingerprint density at radius 1 is 0.853 bits per heavy atom. The number of methoxy groups -OCH3 is 2. The van der Waals surface area contributed by atoms with Crippen molar-refractivity contribution in [1.29, 1.82) is 0 Å². The van der Waals surface area contributed by atoms with Gasteiger partial charge in [0.2, 0.25) is 0 Å². The number of hydrogen-bond donors (Lipinski definition) is 1. The molecule has 0 aliphatic rings. The zero-order chi connectivity index (χ0) is 24.5. The fourth-order valence-corrected chi connectivity index (χ4v) is 2.91. The molecule has 1 N–H and O–H groups in total. The third-order valence-electron chi connectivity index (χ3n) is 4.96. The Morgan fingerprint density at radius 2 is 1.56 bits per heavy atom. The molecule has 8 nitrogen and oxygen atoms in total. The summed E-state index contributed by atoms with van der Waals surface area (Å²) in [5, 5.41) is 3.92. The molecule has 0 heterocycles. The molecule has 3 aromatic carbocycles. The van der Waals surface area contributed by atoms with Crippen LogP contribution in [0.15, 0.2) is 65.8 Å². The van der Waals surface area contributed by atoms with Crippen molar-refractivity contribution >= 4 is 18.1 Å². The number of aryl methyl sites for hydroxylation is 2. The number of carbonyl (C=O) groups excluding carboxylic acids is 2. The second kappa shape index (κ2) is 11.5. The molecule has 0 atom stereocenters. The van der Waals surface area contributed by atoms with Crippen LogP contribution in [0.2, 0.25) is 0 Å². The van der Waals surface area contributed by atoms with Crippen LogP contribution >= 0.6 is 0 Å². The standard InChI is InChI=1S/C26H26N2O6/c1-17-5-9-22(13-18(17)2)33-16-25(29)28-27-15-19-6-10-21(11-7-19)34-26(30)20-8-12-23(31-3)24(14-20)32-4/h5-15H,16H2,1-4H3,(H,28,29)/b27-15-. The molecule has 0 radical (unpaired) electrons. The second-order valence-corrected chi connectivity index (χ2v) is 7.36. The Hall–Kier alpha value is -4.33. The minimum Gasteiger partial charge on any atom is -0.493 e. The van der Waals surface area contributed by atoms with Gasteiger partial charge in [0.25, 0.3) is 5.91 Å². The quantitative estimate of drug-likeness (QED) is 0.223. The topological polar surface area (TPSA) is 95.5 Å². The average Bonchev–Trinajstić information content (AvgIpc) is 2.85. The largest absolute Gasteiger partial charge is 0.493 e. The van der Waals surface area contributed by atoms with Crippen molar-refractivity contribution in [3.63, 3.8) is 0 Å². The lowest BCUT2D eigenvalue weighted by Crippen LogP contribution is -2.24. The van der Waals surface area contributed by atoms with Gasteiger partial charge in [-0.05, 0) is 85.1 Å². The monoisotopic (exact) mass is 462 g/mol. The highest BCUT2D eigenvalue weighted by Gasteiger charge is 2.13. The predicted octanol–water partition coefficient (Wildman–Crippen LogP) is 4.07. The van der Waals surface area contributed by atoms with E-state index in [1.54, 1.807) is 42.5 Å².